The van der Waals surface area contributed by atoms with Gasteiger partial charge in [0, 0.05) is 110 Å². The summed E-state index contributed by atoms with van der Waals surface area (Å²) in [6.45, 7) is 10.5. The Balaban J connectivity index is -0.000000817. The van der Waals surface area contributed by atoms with Crippen LogP contribution in [0.4, 0.5) is 23.0 Å². The zero-order valence-electron chi connectivity index (χ0n) is 35.4. The third kappa shape index (κ3) is 25.9. The average molecular weight is 906 g/mol. The minimum absolute atomic E-state index is 0. The molecule has 0 aliphatic carbocycles. The fourth-order valence-electron chi connectivity index (χ4n) is 5.07. The monoisotopic (exact) mass is 905 g/mol. The van der Waals surface area contributed by atoms with Gasteiger partial charge in [0.25, 0.3) is 0 Å². The second-order valence-electron chi connectivity index (χ2n) is 12.4. The number of rotatable bonds is 5. The molecule has 2 saturated heterocycles. The van der Waals surface area contributed by atoms with Crippen molar-refractivity contribution in [3.8, 4) is 23.7 Å². The van der Waals surface area contributed by atoms with Crippen LogP contribution in [0, 0.1) is 43.9 Å². The molecule has 2 aromatic heterocycles. The van der Waals surface area contributed by atoms with Crippen LogP contribution in [0.2, 0.25) is 0 Å². The molecule has 2 aromatic carbocycles. The number of nitrogens with zero attached hydrogens (tertiary/aromatic N) is 7. The van der Waals surface area contributed by atoms with Crippen LogP contribution in [0.1, 0.15) is 48.2 Å². The number of anilines is 2. The van der Waals surface area contributed by atoms with E-state index in [4.69, 9.17) is 0 Å². The minimum Gasteiger partial charge on any atom is -0.793 e. The first-order chi connectivity index (χ1) is 29.9. The molecule has 3 radical (unpaired) electrons. The molecule has 0 spiro atoms. The van der Waals surface area contributed by atoms with Crippen LogP contribution < -0.4 is 44.7 Å². The van der Waals surface area contributed by atoms with Crippen molar-refractivity contribution in [1.82, 2.24) is 20.2 Å². The molecule has 4 aromatic rings. The summed E-state index contributed by atoms with van der Waals surface area (Å²) in [5.74, 6) is 10.5. The van der Waals surface area contributed by atoms with Gasteiger partial charge in [0.05, 0.1) is 16.4 Å². The van der Waals surface area contributed by atoms with Crippen LogP contribution in [0.3, 0.4) is 0 Å². The summed E-state index contributed by atoms with van der Waals surface area (Å²) in [7, 11) is 4.32. The van der Waals surface area contributed by atoms with Gasteiger partial charge in [-0.05, 0) is 42.3 Å². The Morgan fingerprint density at radius 3 is 1.51 bits per heavy atom. The van der Waals surface area contributed by atoms with E-state index in [0.717, 1.165) is 64.2 Å². The summed E-state index contributed by atoms with van der Waals surface area (Å²) in [6.07, 6.45) is 3.78. The van der Waals surface area contributed by atoms with Gasteiger partial charge in [-0.2, -0.15) is 0 Å². The van der Waals surface area contributed by atoms with Crippen molar-refractivity contribution in [3.63, 3.8) is 0 Å². The summed E-state index contributed by atoms with van der Waals surface area (Å²) in [6, 6.07) is 25.5. The topological polar surface area (TPSA) is 230 Å². The Hall–Kier alpha value is -6.68. The van der Waals surface area contributed by atoms with Crippen LogP contribution in [-0.2, 0) is 33.6 Å². The average Bonchev–Trinajstić information content (AvgIpc) is 3.29. The SMILES string of the molecule is C.C.CC(=O)OOC(C)=O.O=CC#Cc1ccccc1.O=[N+]([O-])c1cccnc1N1CCN(CC#Cc2ccccc2)CC1.O=[N+]([O-])c1cccnc1N1CCNCC1.[B-]OC(C)=O.[HH].[Na+]. The molecule has 19 nitrogen and oxygen atoms in total. The minimum atomic E-state index is -0.639. The molecule has 0 bridgehead atoms. The molecule has 0 amide bonds. The van der Waals surface area contributed by atoms with Crippen LogP contribution in [0.25, 0.3) is 0 Å². The van der Waals surface area contributed by atoms with E-state index in [1.807, 2.05) is 70.5 Å². The smallest absolute Gasteiger partial charge is 0.793 e. The molecular formula is C44H55BN8NaO11. The van der Waals surface area contributed by atoms with Gasteiger partial charge < -0.3 is 27.8 Å². The van der Waals surface area contributed by atoms with Gasteiger partial charge in [-0.1, -0.05) is 69.0 Å². The predicted molar refractivity (Wildman–Crippen MR) is 245 cm³/mol. The Labute approximate surface area is 404 Å². The quantitative estimate of drug-likeness (QED) is 0.0754. The number of aromatic nitrogens is 2. The number of nitrogens with one attached hydrogen (secondary N) is 1. The van der Waals surface area contributed by atoms with Gasteiger partial charge in [-0.15, -0.1) is 0 Å². The first-order valence-corrected chi connectivity index (χ1v) is 18.7. The van der Waals surface area contributed by atoms with E-state index >= 15 is 0 Å². The number of carbonyl (C=O) groups excluding carboxylic acids is 4. The number of piperazine rings is 2. The number of pyridine rings is 2. The zero-order valence-corrected chi connectivity index (χ0v) is 37.4. The Morgan fingerprint density at radius 1 is 0.708 bits per heavy atom. The van der Waals surface area contributed by atoms with E-state index in [9.17, 15) is 39.4 Å². The van der Waals surface area contributed by atoms with Gasteiger partial charge in [-0.3, -0.25) is 34.7 Å². The molecule has 65 heavy (non-hydrogen) atoms. The van der Waals surface area contributed by atoms with Gasteiger partial charge in [0.15, 0.2) is 6.29 Å². The third-order valence-electron chi connectivity index (χ3n) is 7.81. The maximum atomic E-state index is 11.1. The zero-order chi connectivity index (χ0) is 45.5. The first-order valence-electron chi connectivity index (χ1n) is 18.7. The molecule has 4 heterocycles. The fraction of sp³-hybridized carbons (Fsp3) is 0.318. The second kappa shape index (κ2) is 35.7. The molecule has 341 valence electrons. The molecule has 2 fully saturated rings. The number of hydrogen-bond acceptors (Lipinski definition) is 17. The van der Waals surface area contributed by atoms with Crippen molar-refractivity contribution in [3.05, 3.63) is 129 Å². The van der Waals surface area contributed by atoms with Crippen molar-refractivity contribution in [2.75, 3.05) is 68.7 Å². The third-order valence-corrected chi connectivity index (χ3v) is 7.81. The van der Waals surface area contributed by atoms with Crippen molar-refractivity contribution >= 4 is 55.3 Å². The summed E-state index contributed by atoms with van der Waals surface area (Å²) >= 11 is 0. The van der Waals surface area contributed by atoms with Crippen LogP contribution >= 0.6 is 0 Å². The summed E-state index contributed by atoms with van der Waals surface area (Å²) in [5, 5.41) is 25.1. The number of aldehydes is 1. The Kier molecular flexibility index (Phi) is 33.2. The van der Waals surface area contributed by atoms with Gasteiger partial charge in [0.1, 0.15) is 0 Å². The predicted octanol–water partition coefficient (Wildman–Crippen LogP) is 1.98. The number of nitro groups is 2. The Bertz CT molecular complexity index is 2170. The second-order valence-corrected chi connectivity index (χ2v) is 12.4. The molecule has 2 aliphatic heterocycles. The molecule has 1 N–H and O–H groups in total. The molecule has 0 atom stereocenters. The van der Waals surface area contributed by atoms with Crippen molar-refractivity contribution in [1.29, 1.82) is 0 Å². The van der Waals surface area contributed by atoms with E-state index in [-0.39, 0.29) is 67.1 Å². The van der Waals surface area contributed by atoms with E-state index in [1.54, 1.807) is 24.5 Å². The van der Waals surface area contributed by atoms with Gasteiger partial charge >= 0.3 is 52.9 Å². The summed E-state index contributed by atoms with van der Waals surface area (Å²) < 4.78 is 3.61. The van der Waals surface area contributed by atoms with Crippen LogP contribution in [0.5, 0.6) is 0 Å². The summed E-state index contributed by atoms with van der Waals surface area (Å²) in [5.41, 5.74) is 2.03. The fourth-order valence-corrected chi connectivity index (χ4v) is 5.07. The van der Waals surface area contributed by atoms with Crippen molar-refractivity contribution < 1.29 is 74.4 Å². The Morgan fingerprint density at radius 2 is 1.12 bits per heavy atom. The maximum absolute atomic E-state index is 11.1. The number of benzene rings is 2. The van der Waals surface area contributed by atoms with Crippen molar-refractivity contribution in [2.24, 2.45) is 0 Å². The number of hydrogen-bond donors (Lipinski definition) is 1. The molecule has 2 aliphatic rings. The normalized spacial score (nSPS) is 11.9. The first kappa shape index (κ1) is 60.4. The molecule has 6 rings (SSSR count). The van der Waals surface area contributed by atoms with E-state index in [0.29, 0.717) is 37.6 Å². The van der Waals surface area contributed by atoms with Gasteiger partial charge in [-0.25, -0.2) is 29.3 Å². The molecule has 0 unspecified atom stereocenters. The van der Waals surface area contributed by atoms with Crippen molar-refractivity contribution in [2.45, 2.75) is 35.6 Å². The van der Waals surface area contributed by atoms with Crippen LogP contribution in [0.15, 0.2) is 97.3 Å². The van der Waals surface area contributed by atoms with E-state index < -0.39 is 17.9 Å². The van der Waals surface area contributed by atoms with Gasteiger partial charge in [0.2, 0.25) is 17.6 Å². The van der Waals surface area contributed by atoms with E-state index in [2.05, 4.69) is 66.3 Å². The van der Waals surface area contributed by atoms with E-state index in [1.165, 1.54) is 19.1 Å². The number of carbonyl (C=O) groups is 4. The largest absolute Gasteiger partial charge is 1.00 e. The van der Waals surface area contributed by atoms with Crippen LogP contribution in [-0.4, -0.2) is 116 Å². The maximum Gasteiger partial charge on any atom is 1.00 e. The molecule has 0 saturated carbocycles. The molecule has 21 heteroatoms. The summed E-state index contributed by atoms with van der Waals surface area (Å²) in [4.78, 5) is 82.2. The standard InChI is InChI=1S/C18H18N4O2.C9H12N4O2.C9H6O.C4H6O4.C2H3BO2.2CH4.Na.H2/c23-22(24)17-9-4-10-19-18(17)21-14-12-20(13-15-21)11-5-8-16-6-2-1-3-7-16;14-13(15)8-2-1-3-11-9(8)12-6-4-10-5-7-12;10-8-4-7-9-5-2-1-3-6-9;1-3(5)7-8-4(2)6;1-2(4)5-3;;;;/h1-4,6-7,9-10H,11-15H2;1-3,10H,4-7H2;1-3,5-6,8H;1-2H3;1H3;2*1H4;;1H/q;;;;-1;;;+1;. The molecular weight excluding hydrogens is 850 g/mol.